The minimum Gasteiger partial charge on any atom is -0.343 e. The molecule has 1 heterocycles. The van der Waals surface area contributed by atoms with Gasteiger partial charge in [-0.05, 0) is 6.07 Å². The van der Waals surface area contributed by atoms with Crippen molar-refractivity contribution in [3.63, 3.8) is 0 Å². The van der Waals surface area contributed by atoms with Crippen LogP contribution in [0.3, 0.4) is 0 Å². The van der Waals surface area contributed by atoms with Gasteiger partial charge in [-0.2, -0.15) is 5.10 Å². The van der Waals surface area contributed by atoms with E-state index in [1.807, 2.05) is 5.43 Å². The van der Waals surface area contributed by atoms with Gasteiger partial charge in [0.05, 0.1) is 0 Å². The predicted molar refractivity (Wildman–Crippen MR) is 52.6 cm³/mol. The van der Waals surface area contributed by atoms with Crippen molar-refractivity contribution in [2.45, 2.75) is 6.54 Å². The second kappa shape index (κ2) is 4.56. The van der Waals surface area contributed by atoms with E-state index < -0.39 is 0 Å². The van der Waals surface area contributed by atoms with E-state index >= 15 is 0 Å². The molecule has 0 atom stereocenters. The number of hydrogen-bond acceptors (Lipinski definition) is 4. The van der Waals surface area contributed by atoms with Crippen molar-refractivity contribution in [2.24, 2.45) is 5.84 Å². The molecule has 0 unspecified atom stereocenters. The normalized spacial score (nSPS) is 9.80. The van der Waals surface area contributed by atoms with Crippen LogP contribution in [0.5, 0.6) is 0 Å². The number of hydrogen-bond donors (Lipinski definition) is 2. The molecule has 0 saturated carbocycles. The Morgan fingerprint density at radius 1 is 1.60 bits per heavy atom. The van der Waals surface area contributed by atoms with E-state index in [0.29, 0.717) is 5.69 Å². The summed E-state index contributed by atoms with van der Waals surface area (Å²) in [6, 6.07) is 1.55. The molecule has 0 bridgehead atoms. The van der Waals surface area contributed by atoms with Gasteiger partial charge >= 0.3 is 0 Å². The molecular weight excluding hydrogens is 198 g/mol. The highest BCUT2D eigenvalue weighted by Gasteiger charge is 2.11. The van der Waals surface area contributed by atoms with E-state index in [1.54, 1.807) is 26.4 Å². The third-order valence-corrected chi connectivity index (χ3v) is 1.73. The van der Waals surface area contributed by atoms with Gasteiger partial charge in [0.25, 0.3) is 11.8 Å². The van der Waals surface area contributed by atoms with E-state index in [1.165, 1.54) is 9.58 Å². The first-order valence-electron chi connectivity index (χ1n) is 4.29. The standard InChI is InChI=1S/C8H13N5O2/c1-12(2)8(15)6-3-4-13(11-6)5-7(14)10-9/h3-4H,5,9H2,1-2H3,(H,10,14). The summed E-state index contributed by atoms with van der Waals surface area (Å²) < 4.78 is 1.35. The Labute approximate surface area is 86.8 Å². The fourth-order valence-corrected chi connectivity index (χ4v) is 0.986. The number of nitrogens with one attached hydrogen (secondary N) is 1. The summed E-state index contributed by atoms with van der Waals surface area (Å²) in [5.74, 6) is 4.34. The van der Waals surface area contributed by atoms with E-state index in [2.05, 4.69) is 5.10 Å². The van der Waals surface area contributed by atoms with E-state index in [-0.39, 0.29) is 18.4 Å². The topological polar surface area (TPSA) is 93.2 Å². The van der Waals surface area contributed by atoms with Crippen molar-refractivity contribution >= 4 is 11.8 Å². The van der Waals surface area contributed by atoms with E-state index in [4.69, 9.17) is 5.84 Å². The first-order chi connectivity index (χ1) is 7.04. The second-order valence-corrected chi connectivity index (χ2v) is 3.17. The summed E-state index contributed by atoms with van der Waals surface area (Å²) in [7, 11) is 3.27. The van der Waals surface area contributed by atoms with Crippen LogP contribution in [-0.4, -0.2) is 40.6 Å². The first kappa shape index (κ1) is 11.2. The molecule has 82 valence electrons. The maximum Gasteiger partial charge on any atom is 0.273 e. The molecule has 0 fully saturated rings. The Bertz CT molecular complexity index is 371. The summed E-state index contributed by atoms with van der Waals surface area (Å²) >= 11 is 0. The second-order valence-electron chi connectivity index (χ2n) is 3.17. The molecule has 1 rings (SSSR count). The number of nitrogens with zero attached hydrogens (tertiary/aromatic N) is 3. The lowest BCUT2D eigenvalue weighted by Gasteiger charge is -2.06. The highest BCUT2D eigenvalue weighted by Crippen LogP contribution is 1.98. The monoisotopic (exact) mass is 211 g/mol. The zero-order chi connectivity index (χ0) is 11.4. The van der Waals surface area contributed by atoms with Gasteiger partial charge < -0.3 is 4.90 Å². The van der Waals surface area contributed by atoms with Crippen LogP contribution < -0.4 is 11.3 Å². The van der Waals surface area contributed by atoms with Gasteiger partial charge in [-0.25, -0.2) is 5.84 Å². The van der Waals surface area contributed by atoms with Crippen LogP contribution in [0.1, 0.15) is 10.5 Å². The van der Waals surface area contributed by atoms with Gasteiger partial charge in [-0.15, -0.1) is 0 Å². The molecule has 0 aliphatic heterocycles. The van der Waals surface area contributed by atoms with Crippen LogP contribution in [0, 0.1) is 0 Å². The molecule has 7 nitrogen and oxygen atoms in total. The molecule has 0 aliphatic carbocycles. The number of aromatic nitrogens is 2. The Balaban J connectivity index is 2.72. The van der Waals surface area contributed by atoms with Gasteiger partial charge in [-0.3, -0.25) is 19.7 Å². The smallest absolute Gasteiger partial charge is 0.273 e. The first-order valence-corrected chi connectivity index (χ1v) is 4.29. The Morgan fingerprint density at radius 2 is 2.27 bits per heavy atom. The lowest BCUT2D eigenvalue weighted by atomic mass is 10.4. The third-order valence-electron chi connectivity index (χ3n) is 1.73. The summed E-state index contributed by atoms with van der Waals surface area (Å²) in [5, 5.41) is 3.93. The Morgan fingerprint density at radius 3 is 2.80 bits per heavy atom. The molecule has 0 spiro atoms. The van der Waals surface area contributed by atoms with Crippen LogP contribution in [0.25, 0.3) is 0 Å². The molecule has 0 radical (unpaired) electrons. The highest BCUT2D eigenvalue weighted by atomic mass is 16.2. The van der Waals surface area contributed by atoms with Crippen molar-refractivity contribution in [1.82, 2.24) is 20.1 Å². The summed E-state index contributed by atoms with van der Waals surface area (Å²) in [5.41, 5.74) is 2.28. The number of amides is 2. The van der Waals surface area contributed by atoms with Crippen LogP contribution in [0.2, 0.25) is 0 Å². The number of rotatable bonds is 3. The van der Waals surface area contributed by atoms with Crippen molar-refractivity contribution < 1.29 is 9.59 Å². The fourth-order valence-electron chi connectivity index (χ4n) is 0.986. The lowest BCUT2D eigenvalue weighted by Crippen LogP contribution is -2.33. The quantitative estimate of drug-likeness (QED) is 0.364. The molecule has 1 aromatic heterocycles. The number of carbonyl (C=O) groups excluding carboxylic acids is 2. The molecule has 7 heteroatoms. The van der Waals surface area contributed by atoms with Crippen molar-refractivity contribution in [3.8, 4) is 0 Å². The molecule has 2 amide bonds. The number of nitrogens with two attached hydrogens (primary N) is 1. The summed E-state index contributed by atoms with van der Waals surface area (Å²) in [6.07, 6.45) is 1.55. The third kappa shape index (κ3) is 2.78. The molecular formula is C8H13N5O2. The van der Waals surface area contributed by atoms with Gasteiger partial charge in [0, 0.05) is 20.3 Å². The molecule has 0 saturated heterocycles. The Kier molecular flexibility index (Phi) is 3.40. The molecule has 0 aromatic carbocycles. The number of carbonyl (C=O) groups is 2. The van der Waals surface area contributed by atoms with Crippen LogP contribution in [-0.2, 0) is 11.3 Å². The summed E-state index contributed by atoms with van der Waals surface area (Å²) in [4.78, 5) is 23.8. The summed E-state index contributed by atoms with van der Waals surface area (Å²) in [6.45, 7) is -0.00277. The molecule has 3 N–H and O–H groups in total. The highest BCUT2D eigenvalue weighted by molar-refractivity contribution is 5.91. The minimum absolute atomic E-state index is 0.00277. The van der Waals surface area contributed by atoms with Crippen molar-refractivity contribution in [3.05, 3.63) is 18.0 Å². The van der Waals surface area contributed by atoms with Crippen molar-refractivity contribution in [1.29, 1.82) is 0 Å². The predicted octanol–water partition coefficient (Wildman–Crippen LogP) is -1.43. The van der Waals surface area contributed by atoms with Crippen LogP contribution in [0.15, 0.2) is 12.3 Å². The zero-order valence-corrected chi connectivity index (χ0v) is 8.60. The van der Waals surface area contributed by atoms with Gasteiger partial charge in [0.2, 0.25) is 0 Å². The van der Waals surface area contributed by atoms with E-state index in [9.17, 15) is 9.59 Å². The number of hydrazine groups is 1. The fraction of sp³-hybridized carbons (Fsp3) is 0.375. The SMILES string of the molecule is CN(C)C(=O)c1ccn(CC(=O)NN)n1. The van der Waals surface area contributed by atoms with Crippen molar-refractivity contribution in [2.75, 3.05) is 14.1 Å². The van der Waals surface area contributed by atoms with Gasteiger partial charge in [0.1, 0.15) is 12.2 Å². The maximum absolute atomic E-state index is 11.4. The molecule has 1 aromatic rings. The van der Waals surface area contributed by atoms with Gasteiger partial charge in [-0.1, -0.05) is 0 Å². The van der Waals surface area contributed by atoms with Crippen LogP contribution in [0.4, 0.5) is 0 Å². The maximum atomic E-state index is 11.4. The zero-order valence-electron chi connectivity index (χ0n) is 8.60. The van der Waals surface area contributed by atoms with E-state index in [0.717, 1.165) is 0 Å². The molecule has 0 aliphatic rings. The Hall–Kier alpha value is -1.89. The largest absolute Gasteiger partial charge is 0.343 e. The molecule has 15 heavy (non-hydrogen) atoms. The van der Waals surface area contributed by atoms with Crippen LogP contribution >= 0.6 is 0 Å². The minimum atomic E-state index is -0.373. The average molecular weight is 211 g/mol. The average Bonchev–Trinajstić information content (AvgIpc) is 2.64. The van der Waals surface area contributed by atoms with Gasteiger partial charge in [0.15, 0.2) is 0 Å². The lowest BCUT2D eigenvalue weighted by molar-refractivity contribution is -0.121.